The Morgan fingerprint density at radius 1 is 1.45 bits per heavy atom. The minimum absolute atomic E-state index is 0.208. The molecule has 1 saturated heterocycles. The molecule has 0 aromatic carbocycles. The number of nitrogens with one attached hydrogen (secondary N) is 1. The fourth-order valence-corrected chi connectivity index (χ4v) is 2.80. The Morgan fingerprint density at radius 2 is 2.30 bits per heavy atom. The van der Waals surface area contributed by atoms with Gasteiger partial charge in [0.2, 0.25) is 0 Å². The monoisotopic (exact) mass is 277 g/mol. The molecule has 0 aliphatic carbocycles. The van der Waals surface area contributed by atoms with E-state index in [0.717, 1.165) is 38.5 Å². The zero-order valence-corrected chi connectivity index (χ0v) is 12.9. The van der Waals surface area contributed by atoms with Gasteiger partial charge in [-0.1, -0.05) is 19.9 Å². The first kappa shape index (κ1) is 15.4. The molecule has 4 nitrogen and oxygen atoms in total. The number of aryl methyl sites for hydroxylation is 1. The lowest BCUT2D eigenvalue weighted by Crippen LogP contribution is -2.48. The molecule has 1 fully saturated rings. The number of rotatable bonds is 6. The lowest BCUT2D eigenvalue weighted by atomic mass is 10.0. The van der Waals surface area contributed by atoms with Crippen LogP contribution in [-0.2, 0) is 4.74 Å². The van der Waals surface area contributed by atoms with Crippen molar-refractivity contribution in [2.75, 3.05) is 32.8 Å². The predicted octanol–water partition coefficient (Wildman–Crippen LogP) is 2.15. The van der Waals surface area contributed by atoms with Gasteiger partial charge in [-0.05, 0) is 38.1 Å². The summed E-state index contributed by atoms with van der Waals surface area (Å²) < 4.78 is 6.02. The lowest BCUT2D eigenvalue weighted by Gasteiger charge is -2.37. The molecule has 0 radical (unpaired) electrons. The maximum Gasteiger partial charge on any atom is 0.0897 e. The highest BCUT2D eigenvalue weighted by molar-refractivity contribution is 5.19. The summed E-state index contributed by atoms with van der Waals surface area (Å²) in [5.74, 6) is 0. The van der Waals surface area contributed by atoms with Crippen molar-refractivity contribution in [3.63, 3.8) is 0 Å². The van der Waals surface area contributed by atoms with E-state index in [0.29, 0.717) is 0 Å². The van der Waals surface area contributed by atoms with Crippen molar-refractivity contribution in [1.82, 2.24) is 15.2 Å². The van der Waals surface area contributed by atoms with E-state index < -0.39 is 0 Å². The standard InChI is InChI=1S/C16H27N3O/c1-4-8-19-9-10-20-15(12-19)16(17-5-2)14-7-6-13(3)18-11-14/h6-7,11,15-17H,4-5,8-10,12H2,1-3H3. The van der Waals surface area contributed by atoms with Gasteiger partial charge in [0.15, 0.2) is 0 Å². The van der Waals surface area contributed by atoms with Crippen LogP contribution in [0.25, 0.3) is 0 Å². The Balaban J connectivity index is 2.09. The number of ether oxygens (including phenoxy) is 1. The molecular weight excluding hydrogens is 250 g/mol. The van der Waals surface area contributed by atoms with Gasteiger partial charge in [0.1, 0.15) is 0 Å². The molecular formula is C16H27N3O. The summed E-state index contributed by atoms with van der Waals surface area (Å²) in [6, 6.07) is 4.47. The molecule has 2 heterocycles. The number of aromatic nitrogens is 1. The van der Waals surface area contributed by atoms with Crippen molar-refractivity contribution in [2.24, 2.45) is 0 Å². The number of likely N-dealkylation sites (N-methyl/N-ethyl adjacent to an activating group) is 1. The molecule has 2 atom stereocenters. The molecule has 20 heavy (non-hydrogen) atoms. The number of pyridine rings is 1. The van der Waals surface area contributed by atoms with Crippen LogP contribution < -0.4 is 5.32 Å². The average molecular weight is 277 g/mol. The van der Waals surface area contributed by atoms with Gasteiger partial charge in [0, 0.05) is 25.0 Å². The van der Waals surface area contributed by atoms with E-state index in [9.17, 15) is 0 Å². The zero-order chi connectivity index (χ0) is 14.4. The highest BCUT2D eigenvalue weighted by Crippen LogP contribution is 2.22. The third-order valence-electron chi connectivity index (χ3n) is 3.81. The number of morpholine rings is 1. The van der Waals surface area contributed by atoms with E-state index in [-0.39, 0.29) is 12.1 Å². The van der Waals surface area contributed by atoms with Crippen molar-refractivity contribution in [1.29, 1.82) is 0 Å². The van der Waals surface area contributed by atoms with Crippen LogP contribution in [-0.4, -0.2) is 48.8 Å². The first-order valence-corrected chi connectivity index (χ1v) is 7.74. The van der Waals surface area contributed by atoms with Gasteiger partial charge in [-0.25, -0.2) is 0 Å². The van der Waals surface area contributed by atoms with Crippen LogP contribution in [0.1, 0.15) is 37.6 Å². The summed E-state index contributed by atoms with van der Waals surface area (Å²) in [5.41, 5.74) is 2.28. The van der Waals surface area contributed by atoms with E-state index in [1.54, 1.807) is 0 Å². The maximum atomic E-state index is 6.02. The van der Waals surface area contributed by atoms with Gasteiger partial charge in [-0.2, -0.15) is 0 Å². The topological polar surface area (TPSA) is 37.4 Å². The molecule has 112 valence electrons. The van der Waals surface area contributed by atoms with E-state index in [1.807, 2.05) is 13.1 Å². The first-order chi connectivity index (χ1) is 9.74. The largest absolute Gasteiger partial charge is 0.374 e. The van der Waals surface area contributed by atoms with Crippen molar-refractivity contribution in [3.05, 3.63) is 29.6 Å². The molecule has 2 rings (SSSR count). The Hall–Kier alpha value is -0.970. The number of hydrogen-bond acceptors (Lipinski definition) is 4. The van der Waals surface area contributed by atoms with Crippen molar-refractivity contribution < 1.29 is 4.74 Å². The van der Waals surface area contributed by atoms with Gasteiger partial charge >= 0.3 is 0 Å². The Morgan fingerprint density at radius 3 is 2.95 bits per heavy atom. The summed E-state index contributed by atoms with van der Waals surface area (Å²) >= 11 is 0. The molecule has 1 aliphatic heterocycles. The minimum atomic E-state index is 0.208. The smallest absolute Gasteiger partial charge is 0.0897 e. The molecule has 0 amide bonds. The highest BCUT2D eigenvalue weighted by Gasteiger charge is 2.28. The van der Waals surface area contributed by atoms with Gasteiger partial charge in [-0.15, -0.1) is 0 Å². The normalized spacial score (nSPS) is 21.9. The minimum Gasteiger partial charge on any atom is -0.374 e. The third-order valence-corrected chi connectivity index (χ3v) is 3.81. The first-order valence-electron chi connectivity index (χ1n) is 7.74. The summed E-state index contributed by atoms with van der Waals surface area (Å²) in [6.45, 7) is 11.4. The molecule has 4 heteroatoms. The van der Waals surface area contributed by atoms with Gasteiger partial charge in [-0.3, -0.25) is 9.88 Å². The highest BCUT2D eigenvalue weighted by atomic mass is 16.5. The van der Waals surface area contributed by atoms with Crippen LogP contribution in [0, 0.1) is 6.92 Å². The SMILES string of the molecule is CCCN1CCOC(C(NCC)c2ccc(C)nc2)C1. The number of hydrogen-bond donors (Lipinski definition) is 1. The van der Waals surface area contributed by atoms with Crippen LogP contribution in [0.5, 0.6) is 0 Å². The molecule has 1 aromatic heterocycles. The lowest BCUT2D eigenvalue weighted by molar-refractivity contribution is -0.0468. The van der Waals surface area contributed by atoms with Crippen molar-refractivity contribution in [3.8, 4) is 0 Å². The molecule has 1 aromatic rings. The van der Waals surface area contributed by atoms with E-state index in [1.165, 1.54) is 12.0 Å². The van der Waals surface area contributed by atoms with Crippen molar-refractivity contribution in [2.45, 2.75) is 39.3 Å². The van der Waals surface area contributed by atoms with Crippen LogP contribution in [0.15, 0.2) is 18.3 Å². The fourth-order valence-electron chi connectivity index (χ4n) is 2.80. The van der Waals surface area contributed by atoms with E-state index in [4.69, 9.17) is 4.74 Å². The second-order valence-electron chi connectivity index (χ2n) is 5.48. The van der Waals surface area contributed by atoms with Gasteiger partial charge < -0.3 is 10.1 Å². The molecule has 1 N–H and O–H groups in total. The summed E-state index contributed by atoms with van der Waals surface area (Å²) in [7, 11) is 0. The summed E-state index contributed by atoms with van der Waals surface area (Å²) in [5, 5.41) is 3.56. The van der Waals surface area contributed by atoms with Crippen molar-refractivity contribution >= 4 is 0 Å². The fraction of sp³-hybridized carbons (Fsp3) is 0.688. The van der Waals surface area contributed by atoms with Crippen LogP contribution in [0.2, 0.25) is 0 Å². The van der Waals surface area contributed by atoms with E-state index in [2.05, 4.69) is 41.2 Å². The van der Waals surface area contributed by atoms with E-state index >= 15 is 0 Å². The van der Waals surface area contributed by atoms with Gasteiger partial charge in [0.05, 0.1) is 18.8 Å². The Bertz CT molecular complexity index is 391. The quantitative estimate of drug-likeness (QED) is 0.864. The Kier molecular flexibility index (Phi) is 5.95. The zero-order valence-electron chi connectivity index (χ0n) is 12.9. The molecule has 0 saturated carbocycles. The van der Waals surface area contributed by atoms with Crippen LogP contribution in [0.3, 0.4) is 0 Å². The Labute approximate surface area is 122 Å². The maximum absolute atomic E-state index is 6.02. The summed E-state index contributed by atoms with van der Waals surface area (Å²) in [4.78, 5) is 6.92. The molecule has 0 spiro atoms. The van der Waals surface area contributed by atoms with Crippen LogP contribution >= 0.6 is 0 Å². The molecule has 1 aliphatic rings. The third kappa shape index (κ3) is 4.01. The van der Waals surface area contributed by atoms with Gasteiger partial charge in [0.25, 0.3) is 0 Å². The second kappa shape index (κ2) is 7.72. The average Bonchev–Trinajstić information content (AvgIpc) is 2.47. The number of nitrogens with zero attached hydrogens (tertiary/aromatic N) is 2. The molecule has 0 bridgehead atoms. The molecule has 2 unspecified atom stereocenters. The second-order valence-corrected chi connectivity index (χ2v) is 5.48. The van der Waals surface area contributed by atoms with Crippen LogP contribution in [0.4, 0.5) is 0 Å². The predicted molar refractivity (Wildman–Crippen MR) is 81.9 cm³/mol. The summed E-state index contributed by atoms with van der Waals surface area (Å²) in [6.07, 6.45) is 3.38.